The van der Waals surface area contributed by atoms with E-state index in [0.29, 0.717) is 0 Å². The molecule has 0 fully saturated rings. The van der Waals surface area contributed by atoms with E-state index < -0.39 is 0 Å². The summed E-state index contributed by atoms with van der Waals surface area (Å²) < 4.78 is 5.34. The molecule has 0 aliphatic heterocycles. The van der Waals surface area contributed by atoms with Crippen LogP contribution in [0.2, 0.25) is 0 Å². The fourth-order valence-corrected chi connectivity index (χ4v) is 2.41. The summed E-state index contributed by atoms with van der Waals surface area (Å²) in [5.74, 6) is 0. The molecule has 0 saturated carbocycles. The quantitative estimate of drug-likeness (QED) is 0.663. The Labute approximate surface area is 101 Å². The van der Waals surface area contributed by atoms with Gasteiger partial charge in [0.1, 0.15) is 0 Å². The maximum atomic E-state index is 5.34. The van der Waals surface area contributed by atoms with Gasteiger partial charge in [0.15, 0.2) is 5.58 Å². The van der Waals surface area contributed by atoms with Crippen LogP contribution in [-0.4, -0.2) is 10.5 Å². The van der Waals surface area contributed by atoms with Crippen molar-refractivity contribution in [2.24, 2.45) is 0 Å². The Morgan fingerprint density at radius 2 is 2.00 bits per heavy atom. The lowest BCUT2D eigenvalue weighted by atomic mass is 10.0. The Morgan fingerprint density at radius 1 is 1.12 bits per heavy atom. The molecule has 2 aromatic carbocycles. The largest absolute Gasteiger partial charge is 0.356 e. The van der Waals surface area contributed by atoms with E-state index in [-0.39, 0.29) is 0 Å². The molecule has 0 saturated heterocycles. The maximum Gasteiger partial charge on any atom is 0.167 e. The van der Waals surface area contributed by atoms with Crippen molar-refractivity contribution in [1.29, 1.82) is 0 Å². The van der Waals surface area contributed by atoms with Gasteiger partial charge in [-0.25, -0.2) is 0 Å². The molecule has 3 rings (SSSR count). The molecule has 80 valence electrons. The van der Waals surface area contributed by atoms with E-state index >= 15 is 0 Å². The zero-order valence-corrected chi connectivity index (χ0v) is 10.2. The van der Waals surface area contributed by atoms with Crippen LogP contribution in [0.4, 0.5) is 0 Å². The van der Waals surface area contributed by atoms with Crippen molar-refractivity contribution in [2.75, 3.05) is 5.33 Å². The van der Waals surface area contributed by atoms with Crippen molar-refractivity contribution < 1.29 is 4.52 Å². The Morgan fingerprint density at radius 3 is 2.88 bits per heavy atom. The number of fused-ring (bicyclic) bond motifs is 3. The lowest BCUT2D eigenvalue weighted by Crippen LogP contribution is -1.86. The molecule has 0 atom stereocenters. The molecular formula is C13H10BrNO. The highest BCUT2D eigenvalue weighted by Gasteiger charge is 2.10. The van der Waals surface area contributed by atoms with Crippen LogP contribution in [0.15, 0.2) is 40.9 Å². The summed E-state index contributed by atoms with van der Waals surface area (Å²) >= 11 is 3.44. The number of benzene rings is 2. The average molecular weight is 276 g/mol. The number of rotatable bonds is 2. The lowest BCUT2D eigenvalue weighted by Gasteiger charge is -1.99. The molecule has 0 N–H and O–H groups in total. The third-order valence-electron chi connectivity index (χ3n) is 2.76. The van der Waals surface area contributed by atoms with E-state index in [2.05, 4.69) is 39.3 Å². The van der Waals surface area contributed by atoms with Crippen LogP contribution >= 0.6 is 15.9 Å². The minimum absolute atomic E-state index is 0.870. The second-order valence-electron chi connectivity index (χ2n) is 3.73. The zero-order chi connectivity index (χ0) is 11.0. The molecule has 0 bridgehead atoms. The van der Waals surface area contributed by atoms with Gasteiger partial charge in [-0.1, -0.05) is 51.4 Å². The average Bonchev–Trinajstić information content (AvgIpc) is 2.73. The van der Waals surface area contributed by atoms with E-state index in [1.165, 1.54) is 10.8 Å². The van der Waals surface area contributed by atoms with E-state index in [0.717, 1.165) is 28.4 Å². The fourth-order valence-electron chi connectivity index (χ4n) is 2.04. The molecule has 0 amide bonds. The number of nitrogens with zero attached hydrogens (tertiary/aromatic N) is 1. The second kappa shape index (κ2) is 3.91. The fraction of sp³-hybridized carbons (Fsp3) is 0.154. The molecule has 0 aliphatic rings. The van der Waals surface area contributed by atoms with E-state index in [1.54, 1.807) is 0 Å². The molecular weight excluding hydrogens is 266 g/mol. The van der Waals surface area contributed by atoms with Crippen molar-refractivity contribution >= 4 is 37.7 Å². The SMILES string of the molecule is BrCCc1noc2ccc3ccccc3c12. The molecule has 0 spiro atoms. The first-order valence-electron chi connectivity index (χ1n) is 5.22. The Hall–Kier alpha value is -1.35. The second-order valence-corrected chi connectivity index (χ2v) is 4.52. The van der Waals surface area contributed by atoms with Gasteiger partial charge in [0.05, 0.1) is 11.1 Å². The van der Waals surface area contributed by atoms with Crippen molar-refractivity contribution in [3.8, 4) is 0 Å². The molecule has 16 heavy (non-hydrogen) atoms. The van der Waals surface area contributed by atoms with Crippen molar-refractivity contribution in [1.82, 2.24) is 5.16 Å². The van der Waals surface area contributed by atoms with Crippen LogP contribution in [0.25, 0.3) is 21.7 Å². The summed E-state index contributed by atoms with van der Waals surface area (Å²) in [6.45, 7) is 0. The third-order valence-corrected chi connectivity index (χ3v) is 3.16. The number of hydrogen-bond donors (Lipinski definition) is 0. The number of hydrogen-bond acceptors (Lipinski definition) is 2. The van der Waals surface area contributed by atoms with Crippen LogP contribution in [0, 0.1) is 0 Å². The van der Waals surface area contributed by atoms with Crippen molar-refractivity contribution in [2.45, 2.75) is 6.42 Å². The van der Waals surface area contributed by atoms with E-state index in [1.807, 2.05) is 18.2 Å². The monoisotopic (exact) mass is 275 g/mol. The van der Waals surface area contributed by atoms with Crippen LogP contribution < -0.4 is 0 Å². The predicted octanol–water partition coefficient (Wildman–Crippen LogP) is 3.92. The van der Waals surface area contributed by atoms with Crippen molar-refractivity contribution in [3.05, 3.63) is 42.1 Å². The standard InChI is InChI=1S/C13H10BrNO/c14-8-7-11-13-10-4-2-1-3-9(10)5-6-12(13)16-15-11/h1-6H,7-8H2. The summed E-state index contributed by atoms with van der Waals surface area (Å²) in [5.41, 5.74) is 1.90. The topological polar surface area (TPSA) is 26.0 Å². The predicted molar refractivity (Wildman–Crippen MR) is 69.0 cm³/mol. The summed E-state index contributed by atoms with van der Waals surface area (Å²) in [7, 11) is 0. The third kappa shape index (κ3) is 1.43. The zero-order valence-electron chi connectivity index (χ0n) is 8.61. The number of aromatic nitrogens is 1. The molecule has 0 unspecified atom stereocenters. The van der Waals surface area contributed by atoms with Gasteiger partial charge in [-0.3, -0.25) is 0 Å². The van der Waals surface area contributed by atoms with Gasteiger partial charge in [-0.2, -0.15) is 0 Å². The molecule has 3 aromatic rings. The van der Waals surface area contributed by atoms with E-state index in [4.69, 9.17) is 4.52 Å². The van der Waals surface area contributed by atoms with Gasteiger partial charge in [0.25, 0.3) is 0 Å². The van der Waals surface area contributed by atoms with Gasteiger partial charge >= 0.3 is 0 Å². The molecule has 2 nitrogen and oxygen atoms in total. The molecule has 1 heterocycles. The summed E-state index contributed by atoms with van der Waals surface area (Å²) in [6, 6.07) is 12.4. The van der Waals surface area contributed by atoms with Crippen LogP contribution in [-0.2, 0) is 6.42 Å². The Kier molecular flexibility index (Phi) is 2.40. The first-order valence-corrected chi connectivity index (χ1v) is 6.34. The first kappa shape index (κ1) is 9.85. The number of aryl methyl sites for hydroxylation is 1. The Balaban J connectivity index is 2.42. The van der Waals surface area contributed by atoms with Crippen LogP contribution in [0.5, 0.6) is 0 Å². The lowest BCUT2D eigenvalue weighted by molar-refractivity contribution is 0.447. The number of alkyl halides is 1. The molecule has 0 aliphatic carbocycles. The highest BCUT2D eigenvalue weighted by atomic mass is 79.9. The maximum absolute atomic E-state index is 5.34. The first-order chi connectivity index (χ1) is 7.90. The normalized spacial score (nSPS) is 11.3. The molecule has 1 aromatic heterocycles. The highest BCUT2D eigenvalue weighted by Crippen LogP contribution is 2.28. The minimum Gasteiger partial charge on any atom is -0.356 e. The van der Waals surface area contributed by atoms with Gasteiger partial charge in [-0.15, -0.1) is 0 Å². The van der Waals surface area contributed by atoms with Crippen LogP contribution in [0.3, 0.4) is 0 Å². The molecule has 3 heteroatoms. The van der Waals surface area contributed by atoms with Gasteiger partial charge in [0.2, 0.25) is 0 Å². The van der Waals surface area contributed by atoms with Gasteiger partial charge in [0, 0.05) is 11.8 Å². The molecule has 0 radical (unpaired) electrons. The minimum atomic E-state index is 0.870. The Bertz CT molecular complexity index is 645. The summed E-state index contributed by atoms with van der Waals surface area (Å²) in [4.78, 5) is 0. The number of halogens is 1. The van der Waals surface area contributed by atoms with Gasteiger partial charge < -0.3 is 4.52 Å². The van der Waals surface area contributed by atoms with E-state index in [9.17, 15) is 0 Å². The summed E-state index contributed by atoms with van der Waals surface area (Å²) in [6.07, 6.45) is 0.890. The highest BCUT2D eigenvalue weighted by molar-refractivity contribution is 9.09. The van der Waals surface area contributed by atoms with Crippen molar-refractivity contribution in [3.63, 3.8) is 0 Å². The summed E-state index contributed by atoms with van der Waals surface area (Å²) in [5, 5.41) is 8.63. The van der Waals surface area contributed by atoms with Crippen LogP contribution in [0.1, 0.15) is 5.69 Å². The van der Waals surface area contributed by atoms with Gasteiger partial charge in [-0.05, 0) is 16.8 Å². The smallest absolute Gasteiger partial charge is 0.167 e.